The molecule has 3 rings (SSSR count). The number of hydrogen-bond acceptors (Lipinski definition) is 4. The molecule has 27 heavy (non-hydrogen) atoms. The van der Waals surface area contributed by atoms with Crippen molar-refractivity contribution in [3.8, 4) is 5.75 Å². The average molecular weight is 367 g/mol. The van der Waals surface area contributed by atoms with Gasteiger partial charge in [0, 0.05) is 39.4 Å². The molecule has 0 bridgehead atoms. The van der Waals surface area contributed by atoms with Gasteiger partial charge in [0.25, 0.3) is 0 Å². The van der Waals surface area contributed by atoms with Crippen LogP contribution >= 0.6 is 0 Å². The number of aromatic nitrogens is 1. The molecule has 0 unspecified atom stereocenters. The first-order valence-electron chi connectivity index (χ1n) is 9.56. The smallest absolute Gasteiger partial charge is 0.191 e. The number of aliphatic imine (C=N–C) groups is 1. The van der Waals surface area contributed by atoms with Crippen molar-refractivity contribution in [1.82, 2.24) is 15.6 Å². The summed E-state index contributed by atoms with van der Waals surface area (Å²) in [5.41, 5.74) is 2.41. The van der Waals surface area contributed by atoms with Crippen LogP contribution in [0.3, 0.4) is 0 Å². The molecular weight excluding hydrogens is 338 g/mol. The van der Waals surface area contributed by atoms with E-state index in [0.717, 1.165) is 49.1 Å². The monoisotopic (exact) mass is 367 g/mol. The number of hydrogen-bond donors (Lipinski definition) is 2. The van der Waals surface area contributed by atoms with Gasteiger partial charge in [0.2, 0.25) is 0 Å². The Labute approximate surface area is 161 Å². The van der Waals surface area contributed by atoms with Crippen molar-refractivity contribution in [2.24, 2.45) is 4.99 Å². The summed E-state index contributed by atoms with van der Waals surface area (Å²) in [5.74, 6) is 2.76. The van der Waals surface area contributed by atoms with Gasteiger partial charge in [0.15, 0.2) is 5.96 Å². The Kier molecular flexibility index (Phi) is 6.90. The van der Waals surface area contributed by atoms with Gasteiger partial charge in [-0.15, -0.1) is 0 Å². The molecule has 1 aromatic carbocycles. The summed E-state index contributed by atoms with van der Waals surface area (Å²) < 4.78 is 5.19. The van der Waals surface area contributed by atoms with Gasteiger partial charge < -0.3 is 20.3 Å². The van der Waals surface area contributed by atoms with Gasteiger partial charge in [-0.2, -0.15) is 0 Å². The van der Waals surface area contributed by atoms with Crippen LogP contribution in [0.2, 0.25) is 0 Å². The van der Waals surface area contributed by atoms with Crippen molar-refractivity contribution < 1.29 is 4.74 Å². The molecule has 2 N–H and O–H groups in total. The van der Waals surface area contributed by atoms with Gasteiger partial charge in [0.05, 0.1) is 7.11 Å². The molecule has 1 aliphatic heterocycles. The molecule has 1 saturated heterocycles. The van der Waals surface area contributed by atoms with Crippen LogP contribution < -0.4 is 20.3 Å². The lowest BCUT2D eigenvalue weighted by Crippen LogP contribution is -2.37. The maximum absolute atomic E-state index is 5.19. The zero-order chi connectivity index (χ0) is 18.9. The van der Waals surface area contributed by atoms with Crippen LogP contribution in [0.25, 0.3) is 0 Å². The standard InChI is InChI=1S/C21H29N5O/c1-22-21(23-12-11-17-5-8-19(27-2)9-6-17)25-16-18-7-10-20(24-15-18)26-13-3-4-14-26/h5-10,15H,3-4,11-14,16H2,1-2H3,(H2,22,23,25). The third-order valence-electron chi connectivity index (χ3n) is 4.79. The van der Waals surface area contributed by atoms with E-state index in [4.69, 9.17) is 4.74 Å². The van der Waals surface area contributed by atoms with E-state index in [2.05, 4.69) is 49.8 Å². The van der Waals surface area contributed by atoms with E-state index in [1.165, 1.54) is 18.4 Å². The minimum Gasteiger partial charge on any atom is -0.497 e. The fourth-order valence-corrected chi connectivity index (χ4v) is 3.18. The largest absolute Gasteiger partial charge is 0.497 e. The molecule has 1 aliphatic rings. The molecule has 2 aromatic rings. The number of guanidine groups is 1. The first-order valence-corrected chi connectivity index (χ1v) is 9.56. The minimum absolute atomic E-state index is 0.704. The van der Waals surface area contributed by atoms with Gasteiger partial charge in [-0.05, 0) is 48.6 Å². The molecule has 0 aliphatic carbocycles. The van der Waals surface area contributed by atoms with Gasteiger partial charge in [0.1, 0.15) is 11.6 Å². The summed E-state index contributed by atoms with van der Waals surface area (Å²) in [7, 11) is 3.47. The van der Waals surface area contributed by atoms with Crippen molar-refractivity contribution >= 4 is 11.8 Å². The zero-order valence-electron chi connectivity index (χ0n) is 16.2. The van der Waals surface area contributed by atoms with Crippen molar-refractivity contribution in [1.29, 1.82) is 0 Å². The first kappa shape index (κ1) is 19.0. The van der Waals surface area contributed by atoms with Crippen LogP contribution in [-0.4, -0.2) is 44.7 Å². The Morgan fingerprint density at radius 1 is 1.07 bits per heavy atom. The second kappa shape index (κ2) is 9.80. The molecule has 2 heterocycles. The maximum Gasteiger partial charge on any atom is 0.191 e. The summed E-state index contributed by atoms with van der Waals surface area (Å²) in [5, 5.41) is 6.70. The third kappa shape index (κ3) is 5.61. The molecule has 1 fully saturated rings. The van der Waals surface area contributed by atoms with Crippen LogP contribution in [0.4, 0.5) is 5.82 Å². The van der Waals surface area contributed by atoms with E-state index < -0.39 is 0 Å². The Balaban J connectivity index is 1.41. The molecule has 6 nitrogen and oxygen atoms in total. The van der Waals surface area contributed by atoms with E-state index in [-0.39, 0.29) is 0 Å². The van der Waals surface area contributed by atoms with Crippen LogP contribution in [0.1, 0.15) is 24.0 Å². The van der Waals surface area contributed by atoms with Crippen molar-refractivity contribution in [3.05, 3.63) is 53.7 Å². The van der Waals surface area contributed by atoms with Crippen LogP contribution in [0.5, 0.6) is 5.75 Å². The highest BCUT2D eigenvalue weighted by Gasteiger charge is 2.12. The molecule has 0 atom stereocenters. The summed E-state index contributed by atoms with van der Waals surface area (Å²) >= 11 is 0. The second-order valence-corrected chi connectivity index (χ2v) is 6.67. The number of anilines is 1. The number of benzene rings is 1. The third-order valence-corrected chi connectivity index (χ3v) is 4.79. The highest BCUT2D eigenvalue weighted by molar-refractivity contribution is 5.79. The number of ether oxygens (including phenoxy) is 1. The summed E-state index contributed by atoms with van der Waals surface area (Å²) in [6, 6.07) is 12.4. The molecule has 1 aromatic heterocycles. The Morgan fingerprint density at radius 3 is 2.44 bits per heavy atom. The van der Waals surface area contributed by atoms with E-state index >= 15 is 0 Å². The quantitative estimate of drug-likeness (QED) is 0.582. The Hall–Kier alpha value is -2.76. The number of methoxy groups -OCH3 is 1. The van der Waals surface area contributed by atoms with Gasteiger partial charge in [-0.3, -0.25) is 4.99 Å². The molecule has 0 amide bonds. The van der Waals surface area contributed by atoms with Gasteiger partial charge >= 0.3 is 0 Å². The van der Waals surface area contributed by atoms with Crippen LogP contribution in [-0.2, 0) is 13.0 Å². The predicted molar refractivity (Wildman–Crippen MR) is 111 cm³/mol. The fourth-order valence-electron chi connectivity index (χ4n) is 3.18. The first-order chi connectivity index (χ1) is 13.3. The lowest BCUT2D eigenvalue weighted by molar-refractivity contribution is 0.414. The van der Waals surface area contributed by atoms with Crippen molar-refractivity contribution in [2.75, 3.05) is 38.7 Å². The van der Waals surface area contributed by atoms with Crippen LogP contribution in [0.15, 0.2) is 47.6 Å². The lowest BCUT2D eigenvalue weighted by Gasteiger charge is -2.16. The molecule has 0 spiro atoms. The Bertz CT molecular complexity index is 721. The second-order valence-electron chi connectivity index (χ2n) is 6.67. The molecule has 0 radical (unpaired) electrons. The lowest BCUT2D eigenvalue weighted by atomic mass is 10.1. The van der Waals surface area contributed by atoms with Gasteiger partial charge in [-0.25, -0.2) is 4.98 Å². The van der Waals surface area contributed by atoms with E-state index in [1.807, 2.05) is 18.3 Å². The minimum atomic E-state index is 0.704. The Morgan fingerprint density at radius 2 is 1.81 bits per heavy atom. The number of rotatable bonds is 7. The topological polar surface area (TPSA) is 61.8 Å². The SMILES string of the molecule is CN=C(NCCc1ccc(OC)cc1)NCc1ccc(N2CCCC2)nc1. The fraction of sp³-hybridized carbons (Fsp3) is 0.429. The highest BCUT2D eigenvalue weighted by Crippen LogP contribution is 2.17. The molecule has 0 saturated carbocycles. The molecular formula is C21H29N5O. The molecule has 144 valence electrons. The van der Waals surface area contributed by atoms with E-state index in [1.54, 1.807) is 14.2 Å². The average Bonchev–Trinajstić information content (AvgIpc) is 3.26. The van der Waals surface area contributed by atoms with Gasteiger partial charge in [-0.1, -0.05) is 18.2 Å². The summed E-state index contributed by atoms with van der Waals surface area (Å²) in [6.45, 7) is 3.76. The zero-order valence-corrected chi connectivity index (χ0v) is 16.2. The summed E-state index contributed by atoms with van der Waals surface area (Å²) in [4.78, 5) is 11.2. The summed E-state index contributed by atoms with van der Waals surface area (Å²) in [6.07, 6.45) is 5.41. The number of nitrogens with one attached hydrogen (secondary N) is 2. The predicted octanol–water partition coefficient (Wildman–Crippen LogP) is 2.60. The molecule has 6 heteroatoms. The number of pyridine rings is 1. The highest BCUT2D eigenvalue weighted by atomic mass is 16.5. The van der Waals surface area contributed by atoms with E-state index in [0.29, 0.717) is 6.54 Å². The van der Waals surface area contributed by atoms with E-state index in [9.17, 15) is 0 Å². The van der Waals surface area contributed by atoms with Crippen molar-refractivity contribution in [3.63, 3.8) is 0 Å². The van der Waals surface area contributed by atoms with Crippen molar-refractivity contribution in [2.45, 2.75) is 25.8 Å². The normalized spacial score (nSPS) is 14.3. The maximum atomic E-state index is 5.19. The number of nitrogens with zero attached hydrogens (tertiary/aromatic N) is 3. The van der Waals surface area contributed by atoms with Crippen LogP contribution in [0, 0.1) is 0 Å².